The van der Waals surface area contributed by atoms with Gasteiger partial charge in [0.1, 0.15) is 23.2 Å². The minimum Gasteiger partial charge on any atom is -0.461 e. The van der Waals surface area contributed by atoms with Crippen LogP contribution in [0.3, 0.4) is 0 Å². The Hall–Kier alpha value is -1.68. The number of furan rings is 1. The average Bonchev–Trinajstić information content (AvgIpc) is 2.65. The number of halogens is 2. The van der Waals surface area contributed by atoms with Gasteiger partial charge in [0.15, 0.2) is 0 Å². The summed E-state index contributed by atoms with van der Waals surface area (Å²) in [6.45, 7) is 1.64. The molecule has 4 heteroatoms. The zero-order valence-corrected chi connectivity index (χ0v) is 9.28. The highest BCUT2D eigenvalue weighted by molar-refractivity contribution is 5.58. The van der Waals surface area contributed by atoms with Crippen molar-refractivity contribution in [1.82, 2.24) is 0 Å². The van der Waals surface area contributed by atoms with E-state index in [1.54, 1.807) is 19.1 Å². The second-order valence-corrected chi connectivity index (χ2v) is 3.94. The minimum atomic E-state index is -0.664. The molecule has 17 heavy (non-hydrogen) atoms. The van der Waals surface area contributed by atoms with Crippen LogP contribution in [0.5, 0.6) is 0 Å². The third-order valence-electron chi connectivity index (χ3n) is 2.35. The molecule has 0 aliphatic heterocycles. The van der Waals surface area contributed by atoms with Crippen molar-refractivity contribution in [1.29, 1.82) is 0 Å². The first kappa shape index (κ1) is 11.8. The normalized spacial score (nSPS) is 12.7. The maximum absolute atomic E-state index is 13.5. The lowest BCUT2D eigenvalue weighted by molar-refractivity contribution is 0.187. The van der Waals surface area contributed by atoms with E-state index >= 15 is 0 Å². The number of hydrogen-bond donors (Lipinski definition) is 1. The molecule has 2 rings (SSSR count). The molecule has 0 aliphatic rings. The lowest BCUT2D eigenvalue weighted by atomic mass is 10.1. The van der Waals surface area contributed by atoms with E-state index in [4.69, 9.17) is 4.42 Å². The number of hydrogen-bond acceptors (Lipinski definition) is 2. The monoisotopic (exact) mass is 238 g/mol. The number of benzene rings is 1. The molecular formula is C13H12F2O2. The van der Waals surface area contributed by atoms with Crippen molar-refractivity contribution in [2.75, 3.05) is 0 Å². The van der Waals surface area contributed by atoms with E-state index in [0.717, 1.165) is 6.07 Å². The van der Waals surface area contributed by atoms with Crippen molar-refractivity contribution >= 4 is 0 Å². The summed E-state index contributed by atoms with van der Waals surface area (Å²) in [5, 5.41) is 9.19. The summed E-state index contributed by atoms with van der Waals surface area (Å²) in [6.07, 6.45) is -0.157. The van der Waals surface area contributed by atoms with Gasteiger partial charge in [-0.25, -0.2) is 8.78 Å². The highest BCUT2D eigenvalue weighted by Gasteiger charge is 2.11. The molecule has 0 fully saturated rings. The van der Waals surface area contributed by atoms with Crippen molar-refractivity contribution in [3.05, 3.63) is 47.7 Å². The van der Waals surface area contributed by atoms with Gasteiger partial charge in [-0.1, -0.05) is 0 Å². The summed E-state index contributed by atoms with van der Waals surface area (Å²) in [4.78, 5) is 0. The van der Waals surface area contributed by atoms with E-state index < -0.39 is 17.7 Å². The number of aliphatic hydroxyl groups is 1. The molecule has 1 N–H and O–H groups in total. The molecule has 0 bridgehead atoms. The first-order valence-electron chi connectivity index (χ1n) is 5.28. The smallest absolute Gasteiger partial charge is 0.137 e. The van der Waals surface area contributed by atoms with Crippen LogP contribution in [0.15, 0.2) is 34.7 Å². The van der Waals surface area contributed by atoms with Crippen LogP contribution in [0, 0.1) is 11.6 Å². The van der Waals surface area contributed by atoms with Gasteiger partial charge in [-0.2, -0.15) is 0 Å². The van der Waals surface area contributed by atoms with Crippen LogP contribution >= 0.6 is 0 Å². The molecule has 1 heterocycles. The first-order chi connectivity index (χ1) is 8.06. The van der Waals surface area contributed by atoms with Gasteiger partial charge in [0, 0.05) is 12.5 Å². The molecule has 2 nitrogen and oxygen atoms in total. The highest BCUT2D eigenvalue weighted by Crippen LogP contribution is 2.25. The molecule has 0 saturated carbocycles. The van der Waals surface area contributed by atoms with Crippen molar-refractivity contribution in [2.45, 2.75) is 19.4 Å². The van der Waals surface area contributed by atoms with Crippen LogP contribution in [0.1, 0.15) is 12.7 Å². The maximum atomic E-state index is 13.5. The molecule has 0 radical (unpaired) electrons. The Kier molecular flexibility index (Phi) is 3.24. The van der Waals surface area contributed by atoms with Gasteiger partial charge in [0.2, 0.25) is 0 Å². The van der Waals surface area contributed by atoms with Crippen LogP contribution in [0.2, 0.25) is 0 Å². The summed E-state index contributed by atoms with van der Waals surface area (Å²) < 4.78 is 31.6. The van der Waals surface area contributed by atoms with Crippen molar-refractivity contribution in [3.8, 4) is 11.3 Å². The third-order valence-corrected chi connectivity index (χ3v) is 2.35. The fourth-order valence-corrected chi connectivity index (χ4v) is 1.61. The van der Waals surface area contributed by atoms with E-state index in [1.807, 2.05) is 0 Å². The quantitative estimate of drug-likeness (QED) is 0.891. The molecule has 1 aromatic carbocycles. The Morgan fingerprint density at radius 3 is 2.65 bits per heavy atom. The second-order valence-electron chi connectivity index (χ2n) is 3.94. The number of rotatable bonds is 3. The largest absolute Gasteiger partial charge is 0.461 e. The van der Waals surface area contributed by atoms with E-state index in [0.29, 0.717) is 17.9 Å². The van der Waals surface area contributed by atoms with Gasteiger partial charge >= 0.3 is 0 Å². The second kappa shape index (κ2) is 4.67. The van der Waals surface area contributed by atoms with E-state index in [-0.39, 0.29) is 5.56 Å². The van der Waals surface area contributed by atoms with Crippen molar-refractivity contribution in [3.63, 3.8) is 0 Å². The average molecular weight is 238 g/mol. The lowest BCUT2D eigenvalue weighted by Gasteiger charge is -2.01. The van der Waals surface area contributed by atoms with Crippen LogP contribution in [-0.2, 0) is 6.42 Å². The lowest BCUT2D eigenvalue weighted by Crippen LogP contribution is -2.02. The van der Waals surface area contributed by atoms with E-state index in [9.17, 15) is 13.9 Å². The topological polar surface area (TPSA) is 33.4 Å². The summed E-state index contributed by atoms with van der Waals surface area (Å²) in [5.41, 5.74) is 0.211. The Bertz CT molecular complexity index is 518. The molecule has 0 amide bonds. The standard InChI is InChI=1S/C13H12F2O2/c1-8(16)6-10-3-5-13(17-10)11-4-2-9(14)7-12(11)15/h2-5,7-8,16H,6H2,1H3. The van der Waals surface area contributed by atoms with Crippen LogP contribution in [-0.4, -0.2) is 11.2 Å². The predicted molar refractivity (Wildman–Crippen MR) is 59.4 cm³/mol. The Morgan fingerprint density at radius 2 is 2.00 bits per heavy atom. The van der Waals surface area contributed by atoms with Gasteiger partial charge in [0.05, 0.1) is 11.7 Å². The Balaban J connectivity index is 2.30. The van der Waals surface area contributed by atoms with Crippen LogP contribution < -0.4 is 0 Å². The zero-order valence-electron chi connectivity index (χ0n) is 9.28. The molecule has 1 aromatic heterocycles. The fraction of sp³-hybridized carbons (Fsp3) is 0.231. The molecule has 1 atom stereocenters. The van der Waals surface area contributed by atoms with E-state index in [2.05, 4.69) is 0 Å². The Morgan fingerprint density at radius 1 is 1.24 bits per heavy atom. The molecule has 0 aliphatic carbocycles. The van der Waals surface area contributed by atoms with Crippen molar-refractivity contribution < 1.29 is 18.3 Å². The zero-order chi connectivity index (χ0) is 12.4. The van der Waals surface area contributed by atoms with Crippen LogP contribution in [0.25, 0.3) is 11.3 Å². The fourth-order valence-electron chi connectivity index (χ4n) is 1.61. The van der Waals surface area contributed by atoms with Gasteiger partial charge in [0.25, 0.3) is 0 Å². The summed E-state index contributed by atoms with van der Waals surface area (Å²) in [6, 6.07) is 6.59. The molecule has 90 valence electrons. The summed E-state index contributed by atoms with van der Waals surface area (Å²) in [7, 11) is 0. The van der Waals surface area contributed by atoms with Gasteiger partial charge < -0.3 is 9.52 Å². The summed E-state index contributed by atoms with van der Waals surface area (Å²) >= 11 is 0. The highest BCUT2D eigenvalue weighted by atomic mass is 19.1. The maximum Gasteiger partial charge on any atom is 0.137 e. The molecular weight excluding hydrogens is 226 g/mol. The molecule has 1 unspecified atom stereocenters. The van der Waals surface area contributed by atoms with Gasteiger partial charge in [-0.15, -0.1) is 0 Å². The Labute approximate surface area is 97.5 Å². The van der Waals surface area contributed by atoms with Crippen LogP contribution in [0.4, 0.5) is 8.78 Å². The third kappa shape index (κ3) is 2.71. The SMILES string of the molecule is CC(O)Cc1ccc(-c2ccc(F)cc2F)o1. The first-order valence-corrected chi connectivity index (χ1v) is 5.28. The minimum absolute atomic E-state index is 0.211. The molecule has 0 spiro atoms. The van der Waals surface area contributed by atoms with Gasteiger partial charge in [-0.3, -0.25) is 0 Å². The number of aliphatic hydroxyl groups excluding tert-OH is 1. The predicted octanol–water partition coefficient (Wildman–Crippen LogP) is 3.15. The van der Waals surface area contributed by atoms with E-state index in [1.165, 1.54) is 12.1 Å². The summed E-state index contributed by atoms with van der Waals surface area (Å²) in [5.74, 6) is -0.387. The molecule has 0 saturated heterocycles. The van der Waals surface area contributed by atoms with Gasteiger partial charge in [-0.05, 0) is 31.2 Å². The molecule has 2 aromatic rings. The van der Waals surface area contributed by atoms with Crippen molar-refractivity contribution in [2.24, 2.45) is 0 Å².